The number of rotatable bonds is 7. The fourth-order valence-electron chi connectivity index (χ4n) is 4.66. The van der Waals surface area contributed by atoms with E-state index in [0.29, 0.717) is 19.4 Å². The number of pyridine rings is 1. The minimum atomic E-state index is -0.393. The summed E-state index contributed by atoms with van der Waals surface area (Å²) in [4.78, 5) is 45.9. The summed E-state index contributed by atoms with van der Waals surface area (Å²) >= 11 is 0. The zero-order valence-corrected chi connectivity index (χ0v) is 19.3. The predicted molar refractivity (Wildman–Crippen MR) is 126 cm³/mol. The second-order valence-electron chi connectivity index (χ2n) is 9.80. The molecular formula is C24H31N5O4. The predicted octanol–water partition coefficient (Wildman–Crippen LogP) is 3.22. The molecule has 2 aromatic rings. The van der Waals surface area contributed by atoms with Crippen molar-refractivity contribution in [2.75, 3.05) is 44.2 Å². The van der Waals surface area contributed by atoms with E-state index in [9.17, 15) is 19.7 Å². The lowest BCUT2D eigenvalue weighted by molar-refractivity contribution is -0.384. The second kappa shape index (κ2) is 9.43. The van der Waals surface area contributed by atoms with Gasteiger partial charge in [0.1, 0.15) is 5.82 Å². The molecule has 2 aliphatic rings. The Hall–Kier alpha value is -3.07. The average Bonchev–Trinajstić information content (AvgIpc) is 2.77. The third kappa shape index (κ3) is 5.47. The molecule has 2 saturated heterocycles. The van der Waals surface area contributed by atoms with Crippen LogP contribution in [-0.2, 0) is 9.59 Å². The molecule has 1 aromatic heterocycles. The van der Waals surface area contributed by atoms with Gasteiger partial charge in [-0.15, -0.1) is 0 Å². The van der Waals surface area contributed by atoms with E-state index in [2.05, 4.69) is 9.80 Å². The third-order valence-electron chi connectivity index (χ3n) is 6.53. The number of benzene rings is 1. The number of nitro benzene ring substituents is 1. The van der Waals surface area contributed by atoms with Crippen molar-refractivity contribution >= 4 is 34.2 Å². The first-order valence-electron chi connectivity index (χ1n) is 11.6. The summed E-state index contributed by atoms with van der Waals surface area (Å²) in [6.07, 6.45) is 2.67. The maximum atomic E-state index is 12.3. The third-order valence-corrected chi connectivity index (χ3v) is 6.53. The number of likely N-dealkylation sites (tertiary alicyclic amines) is 1. The minimum absolute atomic E-state index is 0.0395. The van der Waals surface area contributed by atoms with Crippen LogP contribution in [-0.4, -0.2) is 70.8 Å². The number of anilines is 1. The summed E-state index contributed by atoms with van der Waals surface area (Å²) in [5.41, 5.74) is 0.608. The minimum Gasteiger partial charge on any atom is -0.354 e. The van der Waals surface area contributed by atoms with Crippen LogP contribution >= 0.6 is 0 Å². The average molecular weight is 454 g/mol. The Morgan fingerprint density at radius 2 is 1.64 bits per heavy atom. The first kappa shape index (κ1) is 23.1. The van der Waals surface area contributed by atoms with Gasteiger partial charge in [-0.05, 0) is 43.0 Å². The Bertz CT molecular complexity index is 1040. The number of piperidine rings is 1. The second-order valence-corrected chi connectivity index (χ2v) is 9.80. The van der Waals surface area contributed by atoms with Crippen LogP contribution < -0.4 is 4.90 Å². The fourth-order valence-corrected chi connectivity index (χ4v) is 4.66. The zero-order chi connectivity index (χ0) is 23.6. The van der Waals surface area contributed by atoms with Gasteiger partial charge >= 0.3 is 0 Å². The van der Waals surface area contributed by atoms with Gasteiger partial charge in [0.05, 0.1) is 10.4 Å². The Morgan fingerprint density at radius 3 is 2.30 bits per heavy atom. The number of aromatic nitrogens is 1. The van der Waals surface area contributed by atoms with E-state index in [0.717, 1.165) is 62.3 Å². The van der Waals surface area contributed by atoms with Gasteiger partial charge in [0, 0.05) is 63.1 Å². The van der Waals surface area contributed by atoms with Crippen LogP contribution in [0, 0.1) is 15.5 Å². The van der Waals surface area contributed by atoms with Gasteiger partial charge in [0.25, 0.3) is 5.69 Å². The molecule has 0 radical (unpaired) electrons. The number of imide groups is 1. The van der Waals surface area contributed by atoms with Gasteiger partial charge in [0.15, 0.2) is 0 Å². The lowest BCUT2D eigenvalue weighted by Crippen LogP contribution is -2.47. The summed E-state index contributed by atoms with van der Waals surface area (Å²) < 4.78 is 0. The SMILES string of the molecule is CC1(C)CC(=O)N(CCCCN2CCN(c3ccc4cc([N+](=O)[O-])ccc4n3)CC2)C(=O)C1. The molecule has 0 aliphatic carbocycles. The van der Waals surface area contributed by atoms with E-state index in [-0.39, 0.29) is 22.9 Å². The van der Waals surface area contributed by atoms with Crippen molar-refractivity contribution in [1.29, 1.82) is 0 Å². The summed E-state index contributed by atoms with van der Waals surface area (Å²) in [5.74, 6) is 0.811. The van der Waals surface area contributed by atoms with Crippen LogP contribution in [0.4, 0.5) is 11.5 Å². The van der Waals surface area contributed by atoms with Crippen LogP contribution in [0.2, 0.25) is 0 Å². The summed E-state index contributed by atoms with van der Waals surface area (Å²) in [6, 6.07) is 8.56. The molecule has 1 aromatic carbocycles. The van der Waals surface area contributed by atoms with E-state index in [4.69, 9.17) is 4.98 Å². The first-order valence-corrected chi connectivity index (χ1v) is 11.6. The molecule has 0 bridgehead atoms. The van der Waals surface area contributed by atoms with E-state index in [1.807, 2.05) is 26.0 Å². The van der Waals surface area contributed by atoms with Gasteiger partial charge in [-0.1, -0.05) is 13.8 Å². The molecule has 0 unspecified atom stereocenters. The number of hydrogen-bond acceptors (Lipinski definition) is 7. The summed E-state index contributed by atoms with van der Waals surface area (Å²) in [7, 11) is 0. The van der Waals surface area contributed by atoms with E-state index in [1.54, 1.807) is 12.1 Å². The van der Waals surface area contributed by atoms with Crippen LogP contribution in [0.25, 0.3) is 10.9 Å². The number of amides is 2. The molecule has 0 saturated carbocycles. The van der Waals surface area contributed by atoms with Crippen LogP contribution in [0.5, 0.6) is 0 Å². The van der Waals surface area contributed by atoms with E-state index in [1.165, 1.54) is 11.0 Å². The molecule has 0 N–H and O–H groups in total. The Morgan fingerprint density at radius 1 is 0.970 bits per heavy atom. The van der Waals surface area contributed by atoms with Crippen molar-refractivity contribution in [3.05, 3.63) is 40.4 Å². The van der Waals surface area contributed by atoms with E-state index >= 15 is 0 Å². The van der Waals surface area contributed by atoms with Crippen molar-refractivity contribution in [2.45, 2.75) is 39.5 Å². The van der Waals surface area contributed by atoms with Crippen molar-refractivity contribution in [3.63, 3.8) is 0 Å². The van der Waals surface area contributed by atoms with Gasteiger partial charge < -0.3 is 4.90 Å². The number of fused-ring (bicyclic) bond motifs is 1. The number of nitro groups is 1. The number of piperazine rings is 1. The highest BCUT2D eigenvalue weighted by molar-refractivity contribution is 5.98. The number of non-ortho nitro benzene ring substituents is 1. The molecule has 33 heavy (non-hydrogen) atoms. The van der Waals surface area contributed by atoms with Gasteiger partial charge in [-0.2, -0.15) is 0 Å². The molecule has 0 atom stereocenters. The summed E-state index contributed by atoms with van der Waals surface area (Å²) in [6.45, 7) is 8.99. The van der Waals surface area contributed by atoms with Crippen LogP contribution in [0.1, 0.15) is 39.5 Å². The van der Waals surface area contributed by atoms with Crippen molar-refractivity contribution in [1.82, 2.24) is 14.8 Å². The Kier molecular flexibility index (Phi) is 6.60. The Labute approximate surface area is 193 Å². The lowest BCUT2D eigenvalue weighted by Gasteiger charge is -2.36. The molecular weight excluding hydrogens is 422 g/mol. The van der Waals surface area contributed by atoms with Crippen molar-refractivity contribution in [2.24, 2.45) is 5.41 Å². The quantitative estimate of drug-likeness (QED) is 0.275. The maximum absolute atomic E-state index is 12.3. The lowest BCUT2D eigenvalue weighted by atomic mass is 9.82. The van der Waals surface area contributed by atoms with Crippen molar-refractivity contribution < 1.29 is 14.5 Å². The highest BCUT2D eigenvalue weighted by Gasteiger charge is 2.36. The monoisotopic (exact) mass is 453 g/mol. The highest BCUT2D eigenvalue weighted by Crippen LogP contribution is 2.31. The zero-order valence-electron chi connectivity index (χ0n) is 19.3. The molecule has 9 nitrogen and oxygen atoms in total. The molecule has 9 heteroatoms. The fraction of sp³-hybridized carbons (Fsp3) is 0.542. The molecule has 2 amide bonds. The standard InChI is InChI=1S/C24H31N5O4/c1-24(2)16-22(30)28(23(31)17-24)10-4-3-9-26-11-13-27(14-12-26)21-8-5-18-15-19(29(32)33)6-7-20(18)25-21/h5-8,15H,3-4,9-14,16-17H2,1-2H3. The van der Waals surface area contributed by atoms with Crippen LogP contribution in [0.15, 0.2) is 30.3 Å². The molecule has 2 aliphatic heterocycles. The first-order chi connectivity index (χ1) is 15.7. The van der Waals surface area contributed by atoms with Gasteiger partial charge in [0.2, 0.25) is 11.8 Å². The number of hydrogen-bond donors (Lipinski definition) is 0. The van der Waals surface area contributed by atoms with Gasteiger partial charge in [-0.3, -0.25) is 29.5 Å². The highest BCUT2D eigenvalue weighted by atomic mass is 16.6. The summed E-state index contributed by atoms with van der Waals surface area (Å²) in [5, 5.41) is 11.7. The molecule has 4 rings (SSSR count). The number of carbonyl (C=O) groups excluding carboxylic acids is 2. The molecule has 0 spiro atoms. The topological polar surface area (TPSA) is 99.9 Å². The normalized spacial score (nSPS) is 19.3. The van der Waals surface area contributed by atoms with E-state index < -0.39 is 4.92 Å². The van der Waals surface area contributed by atoms with Crippen LogP contribution in [0.3, 0.4) is 0 Å². The smallest absolute Gasteiger partial charge is 0.270 e. The molecule has 2 fully saturated rings. The van der Waals surface area contributed by atoms with Crippen molar-refractivity contribution in [3.8, 4) is 0 Å². The number of carbonyl (C=O) groups is 2. The number of nitrogens with zero attached hydrogens (tertiary/aromatic N) is 5. The maximum Gasteiger partial charge on any atom is 0.270 e. The largest absolute Gasteiger partial charge is 0.354 e. The van der Waals surface area contributed by atoms with Gasteiger partial charge in [-0.25, -0.2) is 4.98 Å². The Balaban J connectivity index is 1.22. The molecule has 176 valence electrons. The molecule has 3 heterocycles. The number of unbranched alkanes of at least 4 members (excludes halogenated alkanes) is 1.